The minimum absolute atomic E-state index is 0.347. The Morgan fingerprint density at radius 3 is 2.14 bits per heavy atom. The molecule has 0 saturated carbocycles. The molecule has 0 fully saturated rings. The lowest BCUT2D eigenvalue weighted by molar-refractivity contribution is -0.149. The minimum atomic E-state index is -0.450. The van der Waals surface area contributed by atoms with Gasteiger partial charge in [-0.05, 0) is 13.8 Å². The molecule has 0 amide bonds. The Balaban J connectivity index is 3.82. The Morgan fingerprint density at radius 1 is 1.29 bits per heavy atom. The van der Waals surface area contributed by atoms with Crippen LogP contribution in [0.5, 0.6) is 0 Å². The Bertz CT molecular complexity index is 160. The summed E-state index contributed by atoms with van der Waals surface area (Å²) in [5.41, 5.74) is 0. The van der Waals surface area contributed by atoms with Crippen LogP contribution in [0.25, 0.3) is 0 Å². The molecule has 4 nitrogen and oxygen atoms in total. The van der Waals surface area contributed by atoms with Crippen molar-refractivity contribution in [1.29, 1.82) is 0 Å². The molecule has 0 aliphatic heterocycles. The minimum Gasteiger partial charge on any atom is -0.454 e. The summed E-state index contributed by atoms with van der Waals surface area (Å²) >= 11 is 0. The van der Waals surface area contributed by atoms with Gasteiger partial charge in [-0.15, -0.1) is 0 Å². The van der Waals surface area contributed by atoms with Crippen LogP contribution in [0.1, 0.15) is 13.8 Å². The lowest BCUT2D eigenvalue weighted by Crippen LogP contribution is -2.28. The fraction of sp³-hybridized carbons (Fsp3) is 0.700. The SMILES string of the molecule is C=CC(=O)OC(COCC)COCC. The van der Waals surface area contributed by atoms with E-state index >= 15 is 0 Å². The standard InChI is InChI=1S/C10H18O4/c1-4-10(11)14-9(7-12-5-2)8-13-6-3/h4,9H,1,5-8H2,2-3H3. The van der Waals surface area contributed by atoms with Crippen molar-refractivity contribution in [3.05, 3.63) is 12.7 Å². The number of rotatable bonds is 8. The molecule has 0 heterocycles. The zero-order valence-corrected chi connectivity index (χ0v) is 8.82. The van der Waals surface area contributed by atoms with Crippen molar-refractivity contribution in [2.24, 2.45) is 0 Å². The largest absolute Gasteiger partial charge is 0.454 e. The first-order valence-corrected chi connectivity index (χ1v) is 4.73. The zero-order valence-electron chi connectivity index (χ0n) is 8.82. The van der Waals surface area contributed by atoms with Gasteiger partial charge in [-0.1, -0.05) is 6.58 Å². The van der Waals surface area contributed by atoms with E-state index in [4.69, 9.17) is 14.2 Å². The van der Waals surface area contributed by atoms with Crippen LogP contribution in [-0.4, -0.2) is 38.5 Å². The van der Waals surface area contributed by atoms with Gasteiger partial charge < -0.3 is 14.2 Å². The van der Waals surface area contributed by atoms with Gasteiger partial charge in [0.25, 0.3) is 0 Å². The first-order valence-electron chi connectivity index (χ1n) is 4.73. The van der Waals surface area contributed by atoms with Gasteiger partial charge in [0.15, 0.2) is 0 Å². The molecule has 0 aromatic carbocycles. The van der Waals surface area contributed by atoms with Crippen LogP contribution >= 0.6 is 0 Å². The second-order valence-corrected chi connectivity index (χ2v) is 2.58. The Labute approximate surface area is 84.8 Å². The fourth-order valence-corrected chi connectivity index (χ4v) is 0.827. The summed E-state index contributed by atoms with van der Waals surface area (Å²) in [7, 11) is 0. The quantitative estimate of drug-likeness (QED) is 0.437. The van der Waals surface area contributed by atoms with E-state index in [1.54, 1.807) is 0 Å². The fourth-order valence-electron chi connectivity index (χ4n) is 0.827. The second-order valence-electron chi connectivity index (χ2n) is 2.58. The van der Waals surface area contributed by atoms with Crippen LogP contribution in [0.2, 0.25) is 0 Å². The maximum atomic E-state index is 10.9. The molecule has 0 unspecified atom stereocenters. The molecule has 0 bridgehead atoms. The first-order chi connectivity index (χ1) is 6.74. The van der Waals surface area contributed by atoms with E-state index in [1.807, 2.05) is 13.8 Å². The maximum absolute atomic E-state index is 10.9. The number of esters is 1. The topological polar surface area (TPSA) is 44.8 Å². The number of hydrogen-bond acceptors (Lipinski definition) is 4. The van der Waals surface area contributed by atoms with Gasteiger partial charge in [-0.3, -0.25) is 0 Å². The van der Waals surface area contributed by atoms with Gasteiger partial charge in [0.2, 0.25) is 0 Å². The van der Waals surface area contributed by atoms with Crippen molar-refractivity contribution < 1.29 is 19.0 Å². The van der Waals surface area contributed by atoms with Crippen LogP contribution in [0.4, 0.5) is 0 Å². The lowest BCUT2D eigenvalue weighted by Gasteiger charge is -2.16. The average Bonchev–Trinajstić information content (AvgIpc) is 2.21. The molecule has 0 aliphatic rings. The predicted molar refractivity (Wildman–Crippen MR) is 53.1 cm³/mol. The zero-order chi connectivity index (χ0) is 10.8. The van der Waals surface area contributed by atoms with Gasteiger partial charge in [0.05, 0.1) is 13.2 Å². The summed E-state index contributed by atoms with van der Waals surface area (Å²) in [6, 6.07) is 0. The van der Waals surface area contributed by atoms with Crippen LogP contribution in [0.15, 0.2) is 12.7 Å². The third-order valence-corrected chi connectivity index (χ3v) is 1.47. The van der Waals surface area contributed by atoms with Crippen molar-refractivity contribution in [3.8, 4) is 0 Å². The smallest absolute Gasteiger partial charge is 0.330 e. The normalized spacial score (nSPS) is 10.2. The third-order valence-electron chi connectivity index (χ3n) is 1.47. The van der Waals surface area contributed by atoms with E-state index in [1.165, 1.54) is 0 Å². The molecule has 0 radical (unpaired) electrons. The Kier molecular flexibility index (Phi) is 8.17. The van der Waals surface area contributed by atoms with Crippen molar-refractivity contribution in [1.82, 2.24) is 0 Å². The summed E-state index contributed by atoms with van der Waals surface area (Å²) in [5, 5.41) is 0. The van der Waals surface area contributed by atoms with Gasteiger partial charge >= 0.3 is 5.97 Å². The molecule has 0 aromatic heterocycles. The summed E-state index contributed by atoms with van der Waals surface area (Å²) in [6.07, 6.45) is 0.783. The molecule has 0 N–H and O–H groups in total. The molecule has 0 rings (SSSR count). The molecule has 0 atom stereocenters. The molecule has 0 saturated heterocycles. The Hall–Kier alpha value is -0.870. The molecular weight excluding hydrogens is 184 g/mol. The molecule has 4 heteroatoms. The summed E-state index contributed by atoms with van der Waals surface area (Å²) in [6.45, 7) is 8.98. The number of carbonyl (C=O) groups is 1. The van der Waals surface area contributed by atoms with Crippen molar-refractivity contribution in [3.63, 3.8) is 0 Å². The first kappa shape index (κ1) is 13.1. The highest BCUT2D eigenvalue weighted by molar-refractivity contribution is 5.81. The average molecular weight is 202 g/mol. The van der Waals surface area contributed by atoms with Crippen molar-refractivity contribution in [2.75, 3.05) is 26.4 Å². The number of carbonyl (C=O) groups excluding carboxylic acids is 1. The lowest BCUT2D eigenvalue weighted by atomic mass is 10.4. The van der Waals surface area contributed by atoms with E-state index in [-0.39, 0.29) is 6.10 Å². The van der Waals surface area contributed by atoms with Gasteiger partial charge in [0.1, 0.15) is 6.10 Å². The predicted octanol–water partition coefficient (Wildman–Crippen LogP) is 1.16. The highest BCUT2D eigenvalue weighted by Crippen LogP contribution is 1.96. The van der Waals surface area contributed by atoms with E-state index in [0.717, 1.165) is 6.08 Å². The van der Waals surface area contributed by atoms with Gasteiger partial charge in [0, 0.05) is 19.3 Å². The monoisotopic (exact) mass is 202 g/mol. The summed E-state index contributed by atoms with van der Waals surface area (Å²) in [4.78, 5) is 10.9. The van der Waals surface area contributed by atoms with Crippen LogP contribution in [0.3, 0.4) is 0 Å². The van der Waals surface area contributed by atoms with E-state index in [2.05, 4.69) is 6.58 Å². The second kappa shape index (κ2) is 8.72. The van der Waals surface area contributed by atoms with E-state index in [0.29, 0.717) is 26.4 Å². The van der Waals surface area contributed by atoms with Crippen LogP contribution in [0, 0.1) is 0 Å². The van der Waals surface area contributed by atoms with Crippen molar-refractivity contribution >= 4 is 5.97 Å². The van der Waals surface area contributed by atoms with Crippen LogP contribution < -0.4 is 0 Å². The Morgan fingerprint density at radius 2 is 1.79 bits per heavy atom. The number of hydrogen-bond donors (Lipinski definition) is 0. The summed E-state index contributed by atoms with van der Waals surface area (Å²) < 4.78 is 15.3. The third kappa shape index (κ3) is 6.62. The molecule has 0 aromatic rings. The molecule has 0 aliphatic carbocycles. The van der Waals surface area contributed by atoms with Gasteiger partial charge in [-0.25, -0.2) is 4.79 Å². The highest BCUT2D eigenvalue weighted by atomic mass is 16.6. The van der Waals surface area contributed by atoms with E-state index in [9.17, 15) is 4.79 Å². The molecule has 82 valence electrons. The molecular formula is C10H18O4. The van der Waals surface area contributed by atoms with Crippen molar-refractivity contribution in [2.45, 2.75) is 20.0 Å². The van der Waals surface area contributed by atoms with E-state index < -0.39 is 5.97 Å². The molecule has 0 spiro atoms. The number of ether oxygens (including phenoxy) is 3. The van der Waals surface area contributed by atoms with Crippen LogP contribution in [-0.2, 0) is 19.0 Å². The van der Waals surface area contributed by atoms with Gasteiger partial charge in [-0.2, -0.15) is 0 Å². The maximum Gasteiger partial charge on any atom is 0.330 e. The highest BCUT2D eigenvalue weighted by Gasteiger charge is 2.12. The summed E-state index contributed by atoms with van der Waals surface area (Å²) in [5.74, 6) is -0.450. The molecule has 14 heavy (non-hydrogen) atoms.